The molecule has 0 saturated heterocycles. The summed E-state index contributed by atoms with van der Waals surface area (Å²) in [4.78, 5) is 4.60. The van der Waals surface area contributed by atoms with Crippen LogP contribution < -0.4 is 26.5 Å². The Morgan fingerprint density at radius 2 is 0.906 bits per heavy atom. The zero-order valence-corrected chi connectivity index (χ0v) is 34.3. The Bertz CT molecular complexity index is 2540. The van der Waals surface area contributed by atoms with Crippen molar-refractivity contribution >= 4 is 59.2 Å². The maximum Gasteiger partial charge on any atom is 0.146 e. The Morgan fingerprint density at radius 1 is 0.453 bits per heavy atom. The van der Waals surface area contributed by atoms with Gasteiger partial charge in [-0.15, -0.1) is 4.94 Å². The molecule has 0 nitrogen and oxygen atoms in total. The van der Waals surface area contributed by atoms with Crippen LogP contribution >= 0.6 is 14.1 Å². The van der Waals surface area contributed by atoms with Gasteiger partial charge < -0.3 is 0 Å². The van der Waals surface area contributed by atoms with Crippen LogP contribution in [0.15, 0.2) is 170 Å². The first-order valence-electron chi connectivity index (χ1n) is 18.5. The fraction of sp³-hybridized carbons (Fsp3) is 0.120. The van der Waals surface area contributed by atoms with E-state index in [2.05, 4.69) is 211 Å². The molecule has 0 bridgehead atoms. The van der Waals surface area contributed by atoms with Gasteiger partial charge in [0.25, 0.3) is 0 Å². The van der Waals surface area contributed by atoms with Crippen molar-refractivity contribution in [2.24, 2.45) is 0 Å². The van der Waals surface area contributed by atoms with Gasteiger partial charge in [0.1, 0.15) is 28.1 Å². The molecule has 7 aromatic carbocycles. The van der Waals surface area contributed by atoms with E-state index in [-0.39, 0.29) is 0 Å². The minimum atomic E-state index is -2.40. The molecule has 0 atom stereocenters. The van der Waals surface area contributed by atoms with E-state index in [1.54, 1.807) is 9.82 Å². The molecule has 1 heterocycles. The second-order valence-electron chi connectivity index (χ2n) is 14.7. The zero-order valence-electron chi connectivity index (χ0n) is 31.6. The predicted octanol–water partition coefficient (Wildman–Crippen LogP) is 9.82. The highest BCUT2D eigenvalue weighted by molar-refractivity contribution is 8.11. The first kappa shape index (κ1) is 35.4. The summed E-state index contributed by atoms with van der Waals surface area (Å²) in [6.45, 7) is 11.1. The average molecular weight is 737 g/mol. The molecule has 1 aliphatic rings. The van der Waals surface area contributed by atoms with Gasteiger partial charge in [0.2, 0.25) is 0 Å². The fourth-order valence-electron chi connectivity index (χ4n) is 8.36. The Morgan fingerprint density at radius 3 is 1.36 bits per heavy atom. The van der Waals surface area contributed by atoms with E-state index in [9.17, 15) is 0 Å². The lowest BCUT2D eigenvalue weighted by Crippen LogP contribution is -2.37. The van der Waals surface area contributed by atoms with E-state index in [1.165, 1.54) is 76.0 Å². The van der Waals surface area contributed by atoms with Crippen LogP contribution in [0.4, 0.5) is 0 Å². The molecule has 0 fully saturated rings. The Kier molecular flexibility index (Phi) is 9.55. The highest BCUT2D eigenvalue weighted by Gasteiger charge is 2.52. The number of hydrogen-bond donors (Lipinski definition) is 0. The smallest absolute Gasteiger partial charge is 0.146 e. The largest absolute Gasteiger partial charge is 0.172 e. The Labute approximate surface area is 318 Å². The van der Waals surface area contributed by atoms with Crippen molar-refractivity contribution in [2.75, 3.05) is 0 Å². The lowest BCUT2D eigenvalue weighted by atomic mass is 10.1. The second-order valence-corrected chi connectivity index (χ2v) is 23.5. The summed E-state index contributed by atoms with van der Waals surface area (Å²) in [6, 6.07) is 66.1. The third-order valence-electron chi connectivity index (χ3n) is 10.7. The molecule has 0 radical (unpaired) electrons. The predicted molar refractivity (Wildman–Crippen MR) is 238 cm³/mol. The molecule has 7 aromatic rings. The normalized spacial score (nSPS) is 12.6. The molecule has 0 aromatic heterocycles. The van der Waals surface area contributed by atoms with E-state index < -0.39 is 14.1 Å². The van der Waals surface area contributed by atoms with Gasteiger partial charge in [-0.3, -0.25) is 0 Å². The van der Waals surface area contributed by atoms with E-state index in [0.717, 1.165) is 0 Å². The van der Waals surface area contributed by atoms with E-state index in [1.807, 2.05) is 0 Å². The standard InChI is InChI=1S/C50H46P2Si/c1-35-15-9-21-41(29-35)51(42-22-10-16-36(2)30-42,43-23-11-17-37(3)31-43)49-47-27-7-8-28-48(47)50(53-49)52(44-24-12-18-38(4)32-44,45-25-13-19-39(5)33-45)46-26-14-20-40(6)34-46/h7-34H,1-6H3. The maximum atomic E-state index is 2.49. The summed E-state index contributed by atoms with van der Waals surface area (Å²) in [5, 5.41) is 7.14. The lowest BCUT2D eigenvalue weighted by Gasteiger charge is -2.33. The molecule has 0 aliphatic carbocycles. The summed E-state index contributed by atoms with van der Waals surface area (Å²) in [6.07, 6.45) is 0. The molecule has 0 N–H and O–H groups in total. The van der Waals surface area contributed by atoms with Crippen LogP contribution in [0.1, 0.15) is 44.5 Å². The molecule has 0 spiro atoms. The molecule has 0 saturated carbocycles. The molecule has 3 heteroatoms. The van der Waals surface area contributed by atoms with Crippen molar-refractivity contribution < 1.29 is 0 Å². The van der Waals surface area contributed by atoms with E-state index >= 15 is 0 Å². The van der Waals surface area contributed by atoms with Crippen LogP contribution in [0.3, 0.4) is 0 Å². The number of benzene rings is 7. The van der Waals surface area contributed by atoms with Crippen LogP contribution in [-0.2, 0) is 0 Å². The number of aryl methyl sites for hydroxylation is 6. The number of fused-ring (bicyclic) bond motifs is 1. The highest BCUT2D eigenvalue weighted by atomic mass is 31.2. The van der Waals surface area contributed by atoms with Crippen LogP contribution in [-0.4, -0.2) is 18.6 Å². The SMILES string of the molecule is Cc1cccc(P(C2=[Si]=C([P+](c3cccc(C)c3)(c3cccc(C)c3)c3cccc(C)c3)c3ccccc32)(c2cccc(C)c2)=c2cc[cH-]c(C)c2)c1. The van der Waals surface area contributed by atoms with Crippen molar-refractivity contribution in [3.8, 4) is 0 Å². The van der Waals surface area contributed by atoms with Crippen molar-refractivity contribution in [2.45, 2.75) is 41.5 Å². The van der Waals surface area contributed by atoms with Gasteiger partial charge in [-0.2, -0.15) is 29.8 Å². The summed E-state index contributed by atoms with van der Waals surface area (Å²) >= 11 is 0. The average Bonchev–Trinajstić information content (AvgIpc) is 3.53. The molecular weight excluding hydrogens is 691 g/mol. The quantitative estimate of drug-likeness (QED) is 0.0869. The summed E-state index contributed by atoms with van der Waals surface area (Å²) in [5.41, 5.74) is 10.6. The van der Waals surface area contributed by atoms with Gasteiger partial charge in [-0.25, -0.2) is 0 Å². The first-order chi connectivity index (χ1) is 25.7. The zero-order chi connectivity index (χ0) is 36.7. The topological polar surface area (TPSA) is 0 Å². The first-order valence-corrected chi connectivity index (χ1v) is 23.1. The van der Waals surface area contributed by atoms with Gasteiger partial charge in [0, 0.05) is 19.2 Å². The van der Waals surface area contributed by atoms with Gasteiger partial charge in [-0.1, -0.05) is 127 Å². The molecule has 8 rings (SSSR count). The monoisotopic (exact) mass is 736 g/mol. The Balaban J connectivity index is 1.68. The van der Waals surface area contributed by atoms with Crippen molar-refractivity contribution in [1.82, 2.24) is 0 Å². The molecule has 0 unspecified atom stereocenters. The van der Waals surface area contributed by atoms with Crippen LogP contribution in [0.2, 0.25) is 0 Å². The Hall–Kier alpha value is -4.64. The third-order valence-corrected chi connectivity index (χ3v) is 22.5. The van der Waals surface area contributed by atoms with E-state index in [4.69, 9.17) is 0 Å². The minimum absolute atomic E-state index is 0.497. The molecule has 260 valence electrons. The summed E-state index contributed by atoms with van der Waals surface area (Å²) in [7, 11) is -1.90. The molecular formula is C50H46P2Si. The van der Waals surface area contributed by atoms with Gasteiger partial charge in [0.15, 0.2) is 0 Å². The van der Waals surface area contributed by atoms with Crippen molar-refractivity contribution in [3.63, 3.8) is 0 Å². The number of rotatable bonds is 7. The van der Waals surface area contributed by atoms with Crippen LogP contribution in [0.25, 0.3) is 0 Å². The third kappa shape index (κ3) is 6.10. The highest BCUT2D eigenvalue weighted by Crippen LogP contribution is 2.61. The van der Waals surface area contributed by atoms with Crippen molar-refractivity contribution in [3.05, 3.63) is 219 Å². The summed E-state index contributed by atoms with van der Waals surface area (Å²) < 4.78 is 0. The molecule has 1 aliphatic heterocycles. The van der Waals surface area contributed by atoms with Crippen LogP contribution in [0.5, 0.6) is 0 Å². The second kappa shape index (κ2) is 14.3. The maximum absolute atomic E-state index is 2.49. The van der Waals surface area contributed by atoms with E-state index in [0.29, 0.717) is 8.74 Å². The van der Waals surface area contributed by atoms with Gasteiger partial charge >= 0.3 is 0 Å². The summed E-state index contributed by atoms with van der Waals surface area (Å²) in [5.74, 6) is 0. The lowest BCUT2D eigenvalue weighted by molar-refractivity contribution is 1.46. The van der Waals surface area contributed by atoms with Gasteiger partial charge in [-0.05, 0) is 111 Å². The fourth-order valence-corrected chi connectivity index (χ4v) is 22.6. The van der Waals surface area contributed by atoms with Crippen molar-refractivity contribution in [1.29, 1.82) is 0 Å². The van der Waals surface area contributed by atoms with Crippen LogP contribution in [0, 0.1) is 46.5 Å². The van der Waals surface area contributed by atoms with Gasteiger partial charge in [0.05, 0.1) is 0 Å². The molecule has 0 amide bonds. The number of hydrogen-bond acceptors (Lipinski definition) is 0. The minimum Gasteiger partial charge on any atom is -0.172 e. The molecule has 53 heavy (non-hydrogen) atoms.